The van der Waals surface area contributed by atoms with E-state index in [1.165, 1.54) is 24.3 Å². The van der Waals surface area contributed by atoms with Gasteiger partial charge in [-0.05, 0) is 29.7 Å². The van der Waals surface area contributed by atoms with Crippen molar-refractivity contribution in [2.24, 2.45) is 0 Å². The maximum Gasteiger partial charge on any atom is 1.00 e. The third kappa shape index (κ3) is 5.65. The van der Waals surface area contributed by atoms with Crippen molar-refractivity contribution in [1.82, 2.24) is 0 Å². The van der Waals surface area contributed by atoms with Crippen molar-refractivity contribution in [2.75, 3.05) is 13.2 Å². The largest absolute Gasteiger partial charge is 1.00 e. The number of hydrogen-bond acceptors (Lipinski definition) is 7. The van der Waals surface area contributed by atoms with Gasteiger partial charge in [-0.2, -0.15) is 0 Å². The summed E-state index contributed by atoms with van der Waals surface area (Å²) in [7, 11) is -4.89. The van der Waals surface area contributed by atoms with Gasteiger partial charge in [-0.3, -0.25) is 0 Å². The van der Waals surface area contributed by atoms with Crippen molar-refractivity contribution in [3.63, 3.8) is 0 Å². The van der Waals surface area contributed by atoms with Crippen LogP contribution in [0.1, 0.15) is 0 Å². The van der Waals surface area contributed by atoms with Gasteiger partial charge in [-0.1, -0.05) is 6.07 Å². The molecular weight excluding hydrogens is 351 g/mol. The molecule has 2 aromatic carbocycles. The van der Waals surface area contributed by atoms with Crippen LogP contribution in [-0.2, 0) is 19.7 Å². The summed E-state index contributed by atoms with van der Waals surface area (Å²) in [6.45, 7) is -1.34. The van der Waals surface area contributed by atoms with E-state index in [9.17, 15) is 22.6 Å². The van der Waals surface area contributed by atoms with Gasteiger partial charge in [0.05, 0.1) is 4.90 Å². The number of carboxylic acids is 2. The van der Waals surface area contributed by atoms with Gasteiger partial charge >= 0.3 is 30.8 Å². The summed E-state index contributed by atoms with van der Waals surface area (Å²) >= 11 is 0. The number of fused-ring (bicyclic) bond motifs is 1. The summed E-state index contributed by atoms with van der Waals surface area (Å²) in [6, 6.07) is 6.26. The molecule has 0 aliphatic heterocycles. The van der Waals surface area contributed by atoms with Crippen LogP contribution in [-0.4, -0.2) is 48.3 Å². The SMILES string of the molecule is O=C(O)COc1cc(S(=O)(=O)[O-])c2cc(OCC(=O)O)ccc2c1.[Li+]. The quantitative estimate of drug-likeness (QED) is 0.408. The zero-order valence-electron chi connectivity index (χ0n) is 13.0. The first kappa shape index (κ1) is 20.8. The molecule has 0 bridgehead atoms. The first-order valence-corrected chi connectivity index (χ1v) is 7.80. The van der Waals surface area contributed by atoms with E-state index in [1.54, 1.807) is 0 Å². The number of carbonyl (C=O) groups is 2. The van der Waals surface area contributed by atoms with E-state index >= 15 is 0 Å². The molecule has 0 heterocycles. The van der Waals surface area contributed by atoms with Gasteiger partial charge in [0, 0.05) is 5.39 Å². The zero-order chi connectivity index (χ0) is 17.9. The van der Waals surface area contributed by atoms with Crippen LogP contribution in [0.25, 0.3) is 10.8 Å². The molecule has 0 aliphatic rings. The number of ether oxygens (including phenoxy) is 2. The molecule has 0 amide bonds. The Morgan fingerprint density at radius 3 is 2.04 bits per heavy atom. The number of benzene rings is 2. The standard InChI is InChI=1S/C14H12O9S.Li/c15-13(16)6-22-9-2-1-8-3-10(23-7-14(17)18)5-12(11(8)4-9)24(19,20)21;/h1-5H,6-7H2,(H,15,16)(H,17,18)(H,19,20,21);/q;+1/p-1. The van der Waals surface area contributed by atoms with Crippen LogP contribution in [0.15, 0.2) is 35.2 Å². The van der Waals surface area contributed by atoms with Crippen molar-refractivity contribution in [3.8, 4) is 11.5 Å². The third-order valence-corrected chi connectivity index (χ3v) is 3.73. The maximum absolute atomic E-state index is 11.5. The van der Waals surface area contributed by atoms with Crippen LogP contribution < -0.4 is 28.3 Å². The molecule has 0 saturated heterocycles. The van der Waals surface area contributed by atoms with E-state index in [0.29, 0.717) is 0 Å². The van der Waals surface area contributed by atoms with Crippen LogP contribution in [0.5, 0.6) is 11.5 Å². The van der Waals surface area contributed by atoms with Crippen LogP contribution >= 0.6 is 0 Å². The summed E-state index contributed by atoms with van der Waals surface area (Å²) in [5, 5.41) is 17.5. The summed E-state index contributed by atoms with van der Waals surface area (Å²) in [5.74, 6) is -2.52. The molecule has 0 aromatic heterocycles. The van der Waals surface area contributed by atoms with Crippen LogP contribution in [0.2, 0.25) is 0 Å². The fourth-order valence-corrected chi connectivity index (χ4v) is 2.65. The molecule has 0 unspecified atom stereocenters. The van der Waals surface area contributed by atoms with E-state index in [4.69, 9.17) is 19.7 Å². The number of hydrogen-bond donors (Lipinski definition) is 2. The molecular formula is C14H11LiO9S. The smallest absolute Gasteiger partial charge is 0.744 e. The fourth-order valence-electron chi connectivity index (χ4n) is 1.95. The molecule has 11 heteroatoms. The maximum atomic E-state index is 11.5. The van der Waals surface area contributed by atoms with Gasteiger partial charge in [0.2, 0.25) is 0 Å². The summed E-state index contributed by atoms with van der Waals surface area (Å²) < 4.78 is 44.2. The molecule has 9 nitrogen and oxygen atoms in total. The topological polar surface area (TPSA) is 150 Å². The molecule has 2 aromatic rings. The van der Waals surface area contributed by atoms with Gasteiger partial charge in [-0.25, -0.2) is 18.0 Å². The minimum Gasteiger partial charge on any atom is -0.744 e. The zero-order valence-corrected chi connectivity index (χ0v) is 13.8. The number of carboxylic acid groups (broad SMARTS) is 2. The first-order valence-electron chi connectivity index (χ1n) is 6.40. The molecule has 128 valence electrons. The Hall–Kier alpha value is -2.25. The summed E-state index contributed by atoms with van der Waals surface area (Å²) in [5.41, 5.74) is 0. The van der Waals surface area contributed by atoms with Crippen molar-refractivity contribution < 1.29 is 61.1 Å². The Kier molecular flexibility index (Phi) is 6.84. The average Bonchev–Trinajstić information content (AvgIpc) is 2.49. The van der Waals surface area contributed by atoms with Gasteiger partial charge < -0.3 is 24.2 Å². The van der Waals surface area contributed by atoms with E-state index < -0.39 is 40.2 Å². The molecule has 0 fully saturated rings. The van der Waals surface area contributed by atoms with E-state index in [0.717, 1.165) is 6.07 Å². The Morgan fingerprint density at radius 2 is 1.52 bits per heavy atom. The Bertz CT molecular complexity index is 908. The number of rotatable bonds is 7. The molecule has 0 spiro atoms. The molecule has 0 radical (unpaired) electrons. The van der Waals surface area contributed by atoms with E-state index in [2.05, 4.69) is 0 Å². The van der Waals surface area contributed by atoms with E-state index in [-0.39, 0.29) is 41.1 Å². The number of aliphatic carboxylic acids is 2. The monoisotopic (exact) mass is 362 g/mol. The molecule has 0 saturated carbocycles. The second-order valence-electron chi connectivity index (χ2n) is 4.62. The van der Waals surface area contributed by atoms with Gasteiger partial charge in [0.1, 0.15) is 21.6 Å². The van der Waals surface area contributed by atoms with Crippen molar-refractivity contribution in [3.05, 3.63) is 30.3 Å². The average molecular weight is 362 g/mol. The predicted octanol–water partition coefficient (Wildman–Crippen LogP) is -2.33. The van der Waals surface area contributed by atoms with Gasteiger partial charge in [0.25, 0.3) is 0 Å². The molecule has 2 rings (SSSR count). The minimum absolute atomic E-state index is 0. The van der Waals surface area contributed by atoms with Crippen LogP contribution in [0.3, 0.4) is 0 Å². The van der Waals surface area contributed by atoms with Gasteiger partial charge in [0.15, 0.2) is 13.2 Å². The Morgan fingerprint density at radius 1 is 0.960 bits per heavy atom. The fraction of sp³-hybridized carbons (Fsp3) is 0.143. The normalized spacial score (nSPS) is 10.8. The van der Waals surface area contributed by atoms with E-state index in [1.807, 2.05) is 0 Å². The second kappa shape index (κ2) is 8.22. The Balaban J connectivity index is 0.00000312. The predicted molar refractivity (Wildman–Crippen MR) is 78.2 cm³/mol. The van der Waals surface area contributed by atoms with Crippen LogP contribution in [0, 0.1) is 0 Å². The molecule has 25 heavy (non-hydrogen) atoms. The Labute approximate surface area is 154 Å². The summed E-state index contributed by atoms with van der Waals surface area (Å²) in [6.07, 6.45) is 0. The summed E-state index contributed by atoms with van der Waals surface area (Å²) in [4.78, 5) is 20.4. The molecule has 0 aliphatic carbocycles. The van der Waals surface area contributed by atoms with Gasteiger partial charge in [-0.15, -0.1) is 0 Å². The van der Waals surface area contributed by atoms with Crippen LogP contribution in [0.4, 0.5) is 0 Å². The first-order chi connectivity index (χ1) is 11.2. The molecule has 0 atom stereocenters. The molecule has 2 N–H and O–H groups in total. The van der Waals surface area contributed by atoms with Crippen molar-refractivity contribution in [2.45, 2.75) is 4.90 Å². The van der Waals surface area contributed by atoms with Crippen molar-refractivity contribution >= 4 is 32.8 Å². The third-order valence-electron chi connectivity index (χ3n) is 2.86. The minimum atomic E-state index is -4.89. The van der Waals surface area contributed by atoms with Crippen molar-refractivity contribution in [1.29, 1.82) is 0 Å². The second-order valence-corrected chi connectivity index (χ2v) is 5.97.